The molecule has 4 nitrogen and oxygen atoms in total. The minimum absolute atomic E-state index is 0.0171. The molecule has 2 atom stereocenters. The molecule has 2 rings (SSSR count). The molecule has 19 heavy (non-hydrogen) atoms. The summed E-state index contributed by atoms with van der Waals surface area (Å²) in [6.45, 7) is 12.6. The van der Waals surface area contributed by atoms with Crippen molar-refractivity contribution in [2.75, 3.05) is 0 Å². The molecular formula is C15H26N2O2. The van der Waals surface area contributed by atoms with E-state index < -0.39 is 0 Å². The van der Waals surface area contributed by atoms with Crippen molar-refractivity contribution in [3.8, 4) is 0 Å². The Balaban J connectivity index is 2.28. The zero-order valence-electron chi connectivity index (χ0n) is 12.9. The van der Waals surface area contributed by atoms with E-state index in [9.17, 15) is 9.59 Å². The van der Waals surface area contributed by atoms with Crippen LogP contribution in [0.25, 0.3) is 0 Å². The van der Waals surface area contributed by atoms with Gasteiger partial charge < -0.3 is 10.2 Å². The number of hydrogen-bond donors (Lipinski definition) is 1. The Kier molecular flexibility index (Phi) is 3.19. The Morgan fingerprint density at radius 1 is 1.16 bits per heavy atom. The molecule has 2 unspecified atom stereocenters. The molecule has 0 spiro atoms. The first-order valence-electron chi connectivity index (χ1n) is 7.28. The first kappa shape index (κ1) is 14.4. The highest BCUT2D eigenvalue weighted by Crippen LogP contribution is 2.65. The van der Waals surface area contributed by atoms with Crippen molar-refractivity contribution >= 4 is 11.8 Å². The second-order valence-corrected chi connectivity index (χ2v) is 7.12. The minimum Gasteiger partial charge on any atom is -0.343 e. The quantitative estimate of drug-likeness (QED) is 0.848. The average Bonchev–Trinajstić information content (AvgIpc) is 2.69. The van der Waals surface area contributed by atoms with Crippen LogP contribution in [0, 0.1) is 10.8 Å². The van der Waals surface area contributed by atoms with Gasteiger partial charge in [-0.1, -0.05) is 41.0 Å². The number of rotatable bonds is 3. The van der Waals surface area contributed by atoms with Crippen molar-refractivity contribution in [2.24, 2.45) is 10.8 Å². The van der Waals surface area contributed by atoms with E-state index in [2.05, 4.69) is 33.0 Å². The lowest BCUT2D eigenvalue weighted by atomic mass is 10.0. The maximum Gasteiger partial charge on any atom is 0.246 e. The summed E-state index contributed by atoms with van der Waals surface area (Å²) in [6, 6.07) is -0.527. The van der Waals surface area contributed by atoms with Gasteiger partial charge in [-0.2, -0.15) is 0 Å². The van der Waals surface area contributed by atoms with Crippen LogP contribution in [0.2, 0.25) is 0 Å². The van der Waals surface area contributed by atoms with Crippen LogP contribution in [0.4, 0.5) is 0 Å². The van der Waals surface area contributed by atoms with Gasteiger partial charge in [0.05, 0.1) is 0 Å². The number of carbonyl (C=O) groups is 2. The first-order chi connectivity index (χ1) is 8.66. The number of amides is 2. The van der Waals surface area contributed by atoms with Gasteiger partial charge in [-0.3, -0.25) is 9.59 Å². The number of nitrogens with one attached hydrogen (secondary N) is 1. The molecule has 1 aliphatic carbocycles. The molecule has 1 heterocycles. The summed E-state index contributed by atoms with van der Waals surface area (Å²) in [5.74, 6) is 0.0779. The van der Waals surface area contributed by atoms with Crippen molar-refractivity contribution in [3.05, 3.63) is 0 Å². The van der Waals surface area contributed by atoms with Gasteiger partial charge >= 0.3 is 0 Å². The summed E-state index contributed by atoms with van der Waals surface area (Å²) in [7, 11) is 0. The van der Waals surface area contributed by atoms with E-state index in [1.165, 1.54) is 0 Å². The molecule has 2 aliphatic rings. The number of nitrogens with zero attached hydrogens (tertiary/aromatic N) is 1. The lowest BCUT2D eigenvalue weighted by Gasteiger charge is -2.39. The van der Waals surface area contributed by atoms with E-state index in [4.69, 9.17) is 0 Å². The summed E-state index contributed by atoms with van der Waals surface area (Å²) in [5.41, 5.74) is 0.149. The Bertz CT molecular complexity index is 400. The first-order valence-corrected chi connectivity index (χ1v) is 7.28. The predicted molar refractivity (Wildman–Crippen MR) is 74.5 cm³/mol. The molecule has 2 amide bonds. The predicted octanol–water partition coefficient (Wildman–Crippen LogP) is 1.94. The number of hydrogen-bond acceptors (Lipinski definition) is 2. The van der Waals surface area contributed by atoms with Gasteiger partial charge in [0.25, 0.3) is 0 Å². The fourth-order valence-electron chi connectivity index (χ4n) is 3.54. The Morgan fingerprint density at radius 3 is 2.11 bits per heavy atom. The largest absolute Gasteiger partial charge is 0.343 e. The summed E-state index contributed by atoms with van der Waals surface area (Å²) in [6.07, 6.45) is 1.62. The molecule has 1 N–H and O–H groups in total. The molecular weight excluding hydrogens is 240 g/mol. The molecule has 0 radical (unpaired) electrons. The summed E-state index contributed by atoms with van der Waals surface area (Å²) in [4.78, 5) is 26.6. The number of piperazine rings is 1. The van der Waals surface area contributed by atoms with Gasteiger partial charge in [0.15, 0.2) is 0 Å². The summed E-state index contributed by atoms with van der Waals surface area (Å²) >= 11 is 0. The van der Waals surface area contributed by atoms with Gasteiger partial charge in [-0.05, 0) is 24.2 Å². The van der Waals surface area contributed by atoms with Crippen molar-refractivity contribution in [1.29, 1.82) is 0 Å². The van der Waals surface area contributed by atoms with Crippen LogP contribution in [0.15, 0.2) is 0 Å². The van der Waals surface area contributed by atoms with Crippen molar-refractivity contribution in [3.63, 3.8) is 0 Å². The van der Waals surface area contributed by atoms with E-state index in [0.29, 0.717) is 0 Å². The third kappa shape index (κ3) is 1.87. The van der Waals surface area contributed by atoms with E-state index >= 15 is 0 Å². The highest BCUT2D eigenvalue weighted by molar-refractivity contribution is 5.97. The highest BCUT2D eigenvalue weighted by Gasteiger charge is 2.69. The topological polar surface area (TPSA) is 49.4 Å². The van der Waals surface area contributed by atoms with Gasteiger partial charge in [-0.15, -0.1) is 0 Å². The van der Waals surface area contributed by atoms with Crippen LogP contribution in [0.3, 0.4) is 0 Å². The normalized spacial score (nSPS) is 33.3. The van der Waals surface area contributed by atoms with Crippen LogP contribution >= 0.6 is 0 Å². The third-order valence-electron chi connectivity index (χ3n) is 5.47. The number of carbonyl (C=O) groups excluding carboxylic acids is 2. The van der Waals surface area contributed by atoms with E-state index in [-0.39, 0.29) is 40.8 Å². The van der Waals surface area contributed by atoms with Crippen LogP contribution in [-0.2, 0) is 9.59 Å². The molecule has 0 aromatic heterocycles. The highest BCUT2D eigenvalue weighted by atomic mass is 16.2. The molecule has 0 aromatic rings. The Hall–Kier alpha value is -1.06. The zero-order chi connectivity index (χ0) is 14.6. The van der Waals surface area contributed by atoms with Crippen molar-refractivity contribution < 1.29 is 9.59 Å². The molecule has 4 heteroatoms. The van der Waals surface area contributed by atoms with Gasteiger partial charge in [0, 0.05) is 6.04 Å². The molecule has 1 aliphatic heterocycles. The van der Waals surface area contributed by atoms with Crippen LogP contribution < -0.4 is 5.32 Å². The second kappa shape index (κ2) is 4.22. The van der Waals surface area contributed by atoms with Gasteiger partial charge in [0.1, 0.15) is 12.1 Å². The molecule has 2 fully saturated rings. The monoisotopic (exact) mass is 266 g/mol. The van der Waals surface area contributed by atoms with E-state index in [0.717, 1.165) is 12.8 Å². The maximum atomic E-state index is 12.6. The van der Waals surface area contributed by atoms with E-state index in [1.807, 2.05) is 18.7 Å². The van der Waals surface area contributed by atoms with Crippen LogP contribution in [0.1, 0.15) is 54.4 Å². The minimum atomic E-state index is -0.355. The molecule has 0 bridgehead atoms. The Morgan fingerprint density at radius 2 is 1.68 bits per heavy atom. The fraction of sp³-hybridized carbons (Fsp3) is 0.867. The van der Waals surface area contributed by atoms with Crippen LogP contribution in [0.5, 0.6) is 0 Å². The third-order valence-corrected chi connectivity index (χ3v) is 5.47. The van der Waals surface area contributed by atoms with Crippen LogP contribution in [-0.4, -0.2) is 34.8 Å². The van der Waals surface area contributed by atoms with Gasteiger partial charge in [0.2, 0.25) is 11.8 Å². The second-order valence-electron chi connectivity index (χ2n) is 7.12. The van der Waals surface area contributed by atoms with Crippen molar-refractivity contribution in [1.82, 2.24) is 10.2 Å². The van der Waals surface area contributed by atoms with Gasteiger partial charge in [-0.25, -0.2) is 0 Å². The van der Waals surface area contributed by atoms with E-state index in [1.54, 1.807) is 0 Å². The maximum absolute atomic E-state index is 12.6. The zero-order valence-corrected chi connectivity index (χ0v) is 12.9. The molecule has 108 valence electrons. The smallest absolute Gasteiger partial charge is 0.246 e. The lowest BCUT2D eigenvalue weighted by Crippen LogP contribution is -2.63. The SMILES string of the molecule is CCCC1NC(=O)C(C)N(C2C(C)(C)C2(C)C)C1=O. The molecule has 1 saturated heterocycles. The molecule has 0 aromatic carbocycles. The fourth-order valence-corrected chi connectivity index (χ4v) is 3.54. The average molecular weight is 266 g/mol. The van der Waals surface area contributed by atoms with Crippen molar-refractivity contribution in [2.45, 2.75) is 72.5 Å². The standard InChI is InChI=1S/C15H26N2O2/c1-7-8-10-12(19)17(9(2)11(18)16-10)13-14(3,4)15(13,5)6/h9-10,13H,7-8H2,1-6H3,(H,16,18). The summed E-state index contributed by atoms with van der Waals surface area (Å²) in [5, 5.41) is 2.85. The Labute approximate surface area is 115 Å². The molecule has 1 saturated carbocycles. The lowest BCUT2D eigenvalue weighted by molar-refractivity contribution is -0.150. The summed E-state index contributed by atoms with van der Waals surface area (Å²) < 4.78 is 0.